The summed E-state index contributed by atoms with van der Waals surface area (Å²) in [5.74, 6) is -1.80. The number of benzene rings is 1. The van der Waals surface area contributed by atoms with Crippen LogP contribution in [-0.4, -0.2) is 46.5 Å². The average Bonchev–Trinajstić information content (AvgIpc) is 2.91. The summed E-state index contributed by atoms with van der Waals surface area (Å²) in [6, 6.07) is 5.35. The molecule has 0 aliphatic heterocycles. The van der Waals surface area contributed by atoms with E-state index in [1.165, 1.54) is 11.8 Å². The minimum atomic E-state index is -1.19. The van der Waals surface area contributed by atoms with Crippen LogP contribution in [0.4, 0.5) is 0 Å². The molecule has 1 amide bonds. The van der Waals surface area contributed by atoms with E-state index in [-0.39, 0.29) is 12.3 Å². The van der Waals surface area contributed by atoms with Gasteiger partial charge in [-0.15, -0.1) is 0 Å². The summed E-state index contributed by atoms with van der Waals surface area (Å²) in [5, 5.41) is 16.4. The van der Waals surface area contributed by atoms with Gasteiger partial charge in [0.05, 0.1) is 22.3 Å². The summed E-state index contributed by atoms with van der Waals surface area (Å²) in [6.45, 7) is 1.61. The van der Waals surface area contributed by atoms with Crippen LogP contribution in [0.3, 0.4) is 0 Å². The van der Waals surface area contributed by atoms with E-state index in [1.807, 2.05) is 0 Å². The summed E-state index contributed by atoms with van der Waals surface area (Å²) in [7, 11) is 1.35. The van der Waals surface area contributed by atoms with Crippen LogP contribution in [0.1, 0.15) is 16.2 Å². The quantitative estimate of drug-likeness (QED) is 0.812. The Balaban J connectivity index is 2.25. The number of rotatable bonds is 6. The van der Waals surface area contributed by atoms with Crippen molar-refractivity contribution in [1.82, 2.24) is 15.1 Å². The molecular weight excluding hydrogens is 357 g/mol. The molecule has 2 rings (SSSR count). The maximum absolute atomic E-state index is 12.2. The Kier molecular flexibility index (Phi) is 5.82. The molecule has 0 saturated carbocycles. The van der Waals surface area contributed by atoms with E-state index in [9.17, 15) is 9.59 Å². The fraction of sp³-hybridized carbons (Fsp3) is 0.267. The van der Waals surface area contributed by atoms with Crippen LogP contribution in [0, 0.1) is 6.92 Å². The van der Waals surface area contributed by atoms with E-state index in [1.54, 1.807) is 31.2 Å². The first kappa shape index (κ1) is 18.3. The molecule has 9 heteroatoms. The normalized spacial score (nSPS) is 12.0. The summed E-state index contributed by atoms with van der Waals surface area (Å²) in [5.41, 5.74) is 1.39. The van der Waals surface area contributed by atoms with Crippen LogP contribution in [-0.2, 0) is 9.53 Å². The standard InChI is InChI=1S/C15H15Cl2N3O4/c1-8-5-12(14(21)18-13(7-24-2)15(22)23)19-20(8)9-3-4-10(16)11(17)6-9/h3-6,13H,7H2,1-2H3,(H,18,21)(H,22,23). The number of amides is 1. The molecule has 7 nitrogen and oxygen atoms in total. The smallest absolute Gasteiger partial charge is 0.328 e. The van der Waals surface area contributed by atoms with E-state index in [0.29, 0.717) is 21.4 Å². The monoisotopic (exact) mass is 371 g/mol. The van der Waals surface area contributed by atoms with Crippen molar-refractivity contribution in [2.24, 2.45) is 0 Å². The molecule has 1 unspecified atom stereocenters. The molecule has 1 atom stereocenters. The summed E-state index contributed by atoms with van der Waals surface area (Å²) < 4.78 is 6.29. The highest BCUT2D eigenvalue weighted by atomic mass is 35.5. The minimum Gasteiger partial charge on any atom is -0.480 e. The minimum absolute atomic E-state index is 0.0842. The lowest BCUT2D eigenvalue weighted by molar-refractivity contribution is -0.140. The zero-order valence-electron chi connectivity index (χ0n) is 12.9. The predicted molar refractivity (Wildman–Crippen MR) is 89.1 cm³/mol. The first-order valence-electron chi connectivity index (χ1n) is 6.88. The number of aryl methyl sites for hydroxylation is 1. The number of aromatic nitrogens is 2. The Morgan fingerprint density at radius 1 is 1.33 bits per heavy atom. The van der Waals surface area contributed by atoms with Crippen molar-refractivity contribution in [3.8, 4) is 5.69 Å². The predicted octanol–water partition coefficient (Wildman–Crippen LogP) is 2.32. The van der Waals surface area contributed by atoms with Crippen LogP contribution in [0.15, 0.2) is 24.3 Å². The van der Waals surface area contributed by atoms with Gasteiger partial charge in [0.25, 0.3) is 5.91 Å². The van der Waals surface area contributed by atoms with Gasteiger partial charge < -0.3 is 15.2 Å². The van der Waals surface area contributed by atoms with Crippen molar-refractivity contribution < 1.29 is 19.4 Å². The fourth-order valence-corrected chi connectivity index (χ4v) is 2.33. The number of nitrogens with zero attached hydrogens (tertiary/aromatic N) is 2. The van der Waals surface area contributed by atoms with E-state index >= 15 is 0 Å². The van der Waals surface area contributed by atoms with Gasteiger partial charge in [0, 0.05) is 12.8 Å². The van der Waals surface area contributed by atoms with Crippen molar-refractivity contribution in [2.75, 3.05) is 13.7 Å². The second-order valence-corrected chi connectivity index (χ2v) is 5.82. The number of nitrogens with one attached hydrogen (secondary N) is 1. The third-order valence-corrected chi connectivity index (χ3v) is 3.94. The van der Waals surface area contributed by atoms with E-state index in [2.05, 4.69) is 10.4 Å². The first-order valence-corrected chi connectivity index (χ1v) is 7.63. The summed E-state index contributed by atoms with van der Waals surface area (Å²) in [6.07, 6.45) is 0. The van der Waals surface area contributed by atoms with Gasteiger partial charge in [0.1, 0.15) is 0 Å². The number of aliphatic carboxylic acids is 1. The average molecular weight is 372 g/mol. The van der Waals surface area contributed by atoms with E-state index in [4.69, 9.17) is 33.0 Å². The number of carboxylic acids is 1. The van der Waals surface area contributed by atoms with Crippen LogP contribution >= 0.6 is 23.2 Å². The van der Waals surface area contributed by atoms with Crippen LogP contribution in [0.5, 0.6) is 0 Å². The van der Waals surface area contributed by atoms with Gasteiger partial charge in [-0.05, 0) is 31.2 Å². The Bertz CT molecular complexity index is 776. The molecule has 0 spiro atoms. The van der Waals surface area contributed by atoms with Gasteiger partial charge in [0.15, 0.2) is 11.7 Å². The molecule has 0 fully saturated rings. The molecule has 0 aliphatic carbocycles. The van der Waals surface area contributed by atoms with Crippen molar-refractivity contribution >= 4 is 35.1 Å². The van der Waals surface area contributed by atoms with Crippen molar-refractivity contribution in [1.29, 1.82) is 0 Å². The number of hydrogen-bond acceptors (Lipinski definition) is 4. The van der Waals surface area contributed by atoms with Crippen LogP contribution in [0.25, 0.3) is 5.69 Å². The Morgan fingerprint density at radius 2 is 2.04 bits per heavy atom. The highest BCUT2D eigenvalue weighted by Gasteiger charge is 2.22. The van der Waals surface area contributed by atoms with Gasteiger partial charge >= 0.3 is 5.97 Å². The summed E-state index contributed by atoms with van der Waals surface area (Å²) in [4.78, 5) is 23.3. The van der Waals surface area contributed by atoms with Gasteiger partial charge in [-0.25, -0.2) is 9.48 Å². The summed E-state index contributed by atoms with van der Waals surface area (Å²) >= 11 is 11.9. The fourth-order valence-electron chi connectivity index (χ4n) is 2.04. The Labute approximate surface area is 148 Å². The second kappa shape index (κ2) is 7.65. The number of halogens is 2. The molecule has 1 heterocycles. The third-order valence-electron chi connectivity index (χ3n) is 3.20. The number of hydrogen-bond donors (Lipinski definition) is 2. The lowest BCUT2D eigenvalue weighted by Gasteiger charge is -2.12. The topological polar surface area (TPSA) is 93.5 Å². The van der Waals surface area contributed by atoms with Crippen molar-refractivity contribution in [3.05, 3.63) is 45.7 Å². The molecule has 1 aromatic carbocycles. The van der Waals surface area contributed by atoms with Crippen molar-refractivity contribution in [2.45, 2.75) is 13.0 Å². The van der Waals surface area contributed by atoms with Gasteiger partial charge in [-0.2, -0.15) is 5.10 Å². The molecule has 0 bridgehead atoms. The lowest BCUT2D eigenvalue weighted by Crippen LogP contribution is -2.44. The number of carbonyl (C=O) groups excluding carboxylic acids is 1. The second-order valence-electron chi connectivity index (χ2n) is 5.00. The zero-order chi connectivity index (χ0) is 17.9. The highest BCUT2D eigenvalue weighted by molar-refractivity contribution is 6.42. The molecule has 2 N–H and O–H groups in total. The number of carbonyl (C=O) groups is 2. The zero-order valence-corrected chi connectivity index (χ0v) is 14.4. The molecule has 24 heavy (non-hydrogen) atoms. The maximum Gasteiger partial charge on any atom is 0.328 e. The first-order chi connectivity index (χ1) is 11.3. The SMILES string of the molecule is COCC(NC(=O)c1cc(C)n(-c2ccc(Cl)c(Cl)c2)n1)C(=O)O. The van der Waals surface area contributed by atoms with Crippen LogP contribution in [0.2, 0.25) is 10.0 Å². The molecule has 0 aliphatic rings. The van der Waals surface area contributed by atoms with Gasteiger partial charge in [-0.1, -0.05) is 23.2 Å². The number of methoxy groups -OCH3 is 1. The third kappa shape index (κ3) is 4.05. The van der Waals surface area contributed by atoms with E-state index < -0.39 is 17.9 Å². The maximum atomic E-state index is 12.2. The molecule has 0 radical (unpaired) electrons. The molecular formula is C15H15Cl2N3O4. The molecule has 0 saturated heterocycles. The Morgan fingerprint density at radius 3 is 2.62 bits per heavy atom. The number of carboxylic acid groups (broad SMARTS) is 1. The highest BCUT2D eigenvalue weighted by Crippen LogP contribution is 2.25. The lowest BCUT2D eigenvalue weighted by atomic mass is 10.3. The molecule has 128 valence electrons. The van der Waals surface area contributed by atoms with Gasteiger partial charge in [-0.3, -0.25) is 4.79 Å². The van der Waals surface area contributed by atoms with Gasteiger partial charge in [0.2, 0.25) is 0 Å². The number of ether oxygens (including phenoxy) is 1. The van der Waals surface area contributed by atoms with Crippen LogP contribution < -0.4 is 5.32 Å². The largest absolute Gasteiger partial charge is 0.480 e. The molecule has 1 aromatic heterocycles. The Hall–Kier alpha value is -2.09. The van der Waals surface area contributed by atoms with E-state index in [0.717, 1.165) is 0 Å². The molecule has 2 aromatic rings. The van der Waals surface area contributed by atoms with Crippen molar-refractivity contribution in [3.63, 3.8) is 0 Å².